The third kappa shape index (κ3) is 2.97. The molecule has 0 aliphatic heterocycles. The van der Waals surface area contributed by atoms with Gasteiger partial charge in [-0.1, -0.05) is 12.1 Å². The predicted octanol–water partition coefficient (Wildman–Crippen LogP) is 4.13. The predicted molar refractivity (Wildman–Crippen MR) is 90.5 cm³/mol. The second-order valence-corrected chi connectivity index (χ2v) is 6.84. The molecule has 122 valence electrons. The first-order valence-electron chi connectivity index (χ1n) is 8.47. The summed E-state index contributed by atoms with van der Waals surface area (Å²) < 4.78 is 5.31. The largest absolute Gasteiger partial charge is 0.497 e. The van der Waals surface area contributed by atoms with E-state index in [1.54, 1.807) is 7.11 Å². The van der Waals surface area contributed by atoms with Gasteiger partial charge in [-0.15, -0.1) is 0 Å². The highest BCUT2D eigenvalue weighted by molar-refractivity contribution is 6.08. The summed E-state index contributed by atoms with van der Waals surface area (Å²) in [5, 5.41) is 0. The molecular weight excluding hydrogens is 288 g/mol. The lowest BCUT2D eigenvalue weighted by molar-refractivity contribution is -0.142. The first-order chi connectivity index (χ1) is 11.0. The molecule has 1 aromatic rings. The lowest BCUT2D eigenvalue weighted by atomic mass is 9.70. The molecule has 0 radical (unpaired) electrons. The lowest BCUT2D eigenvalue weighted by Gasteiger charge is -2.30. The molecule has 1 aromatic carbocycles. The number of ether oxygens (including phenoxy) is 1. The molecule has 2 aliphatic rings. The van der Waals surface area contributed by atoms with Gasteiger partial charge in [0, 0.05) is 12.8 Å². The third-order valence-electron chi connectivity index (χ3n) is 5.35. The third-order valence-corrected chi connectivity index (χ3v) is 5.35. The molecule has 23 heavy (non-hydrogen) atoms. The smallest absolute Gasteiger partial charge is 0.146 e. The second kappa shape index (κ2) is 6.31. The van der Waals surface area contributed by atoms with Crippen LogP contribution in [0.1, 0.15) is 56.6 Å². The van der Waals surface area contributed by atoms with Gasteiger partial charge in [0.05, 0.1) is 12.5 Å². The molecule has 1 saturated carbocycles. The quantitative estimate of drug-likeness (QED) is 0.788. The standard InChI is InChI=1S/C20H24O3/c1-20(18(21)7-4-8-19(20)22)12-11-14-5-3-6-15-13-16(23-2)9-10-17(14)15/h9-11,13H,3-8,12H2,1-2H3/b14-11+. The van der Waals surface area contributed by atoms with Crippen LogP contribution in [0.3, 0.4) is 0 Å². The molecule has 0 amide bonds. The fraction of sp³-hybridized carbons (Fsp3) is 0.500. The molecule has 1 fully saturated rings. The van der Waals surface area contributed by atoms with Gasteiger partial charge in [-0.25, -0.2) is 0 Å². The van der Waals surface area contributed by atoms with Crippen LogP contribution in [0, 0.1) is 5.41 Å². The van der Waals surface area contributed by atoms with Crippen molar-refractivity contribution in [3.63, 3.8) is 0 Å². The minimum Gasteiger partial charge on any atom is -0.497 e. The van der Waals surface area contributed by atoms with E-state index in [2.05, 4.69) is 18.2 Å². The number of hydrogen-bond donors (Lipinski definition) is 0. The summed E-state index contributed by atoms with van der Waals surface area (Å²) in [6, 6.07) is 6.18. The first-order valence-corrected chi connectivity index (χ1v) is 8.47. The van der Waals surface area contributed by atoms with Gasteiger partial charge < -0.3 is 4.74 Å². The number of rotatable bonds is 3. The Balaban J connectivity index is 1.87. The normalized spacial score (nSPS) is 22.1. The zero-order valence-corrected chi connectivity index (χ0v) is 14.0. The van der Waals surface area contributed by atoms with E-state index in [1.807, 2.05) is 13.0 Å². The molecule has 0 atom stereocenters. The minimum atomic E-state index is -0.810. The Bertz CT molecular complexity index is 653. The Kier molecular flexibility index (Phi) is 4.38. The van der Waals surface area contributed by atoms with Crippen LogP contribution in [0.2, 0.25) is 0 Å². The second-order valence-electron chi connectivity index (χ2n) is 6.84. The number of ketones is 2. The average Bonchev–Trinajstić information content (AvgIpc) is 2.57. The van der Waals surface area contributed by atoms with Crippen LogP contribution >= 0.6 is 0 Å². The lowest BCUT2D eigenvalue weighted by Crippen LogP contribution is -2.39. The van der Waals surface area contributed by atoms with Crippen molar-refractivity contribution < 1.29 is 14.3 Å². The molecule has 0 heterocycles. The van der Waals surface area contributed by atoms with E-state index < -0.39 is 5.41 Å². The highest BCUT2D eigenvalue weighted by Crippen LogP contribution is 2.37. The summed E-state index contributed by atoms with van der Waals surface area (Å²) in [4.78, 5) is 24.5. The van der Waals surface area contributed by atoms with E-state index in [0.717, 1.165) is 25.0 Å². The molecule has 0 aromatic heterocycles. The van der Waals surface area contributed by atoms with Crippen LogP contribution in [0.4, 0.5) is 0 Å². The van der Waals surface area contributed by atoms with E-state index >= 15 is 0 Å². The number of hydrogen-bond acceptors (Lipinski definition) is 3. The van der Waals surface area contributed by atoms with Crippen molar-refractivity contribution >= 4 is 17.1 Å². The number of Topliss-reactive ketones (excluding diaryl/α,β-unsaturated/α-hetero) is 2. The van der Waals surface area contributed by atoms with E-state index in [9.17, 15) is 9.59 Å². The van der Waals surface area contributed by atoms with Gasteiger partial charge in [0.15, 0.2) is 0 Å². The Morgan fingerprint density at radius 3 is 2.48 bits per heavy atom. The first kappa shape index (κ1) is 16.0. The molecule has 2 aliphatic carbocycles. The molecule has 3 rings (SSSR count). The van der Waals surface area contributed by atoms with Crippen LogP contribution in [-0.2, 0) is 16.0 Å². The maximum atomic E-state index is 12.3. The Morgan fingerprint density at radius 1 is 1.09 bits per heavy atom. The van der Waals surface area contributed by atoms with Crippen molar-refractivity contribution in [2.24, 2.45) is 5.41 Å². The van der Waals surface area contributed by atoms with E-state index in [4.69, 9.17) is 4.74 Å². The van der Waals surface area contributed by atoms with Crippen LogP contribution in [0.5, 0.6) is 5.75 Å². The van der Waals surface area contributed by atoms with Crippen molar-refractivity contribution in [3.05, 3.63) is 35.4 Å². The highest BCUT2D eigenvalue weighted by atomic mass is 16.5. The summed E-state index contributed by atoms with van der Waals surface area (Å²) in [6.07, 6.45) is 7.63. The van der Waals surface area contributed by atoms with Crippen molar-refractivity contribution in [2.45, 2.75) is 51.9 Å². The highest BCUT2D eigenvalue weighted by Gasteiger charge is 2.41. The van der Waals surface area contributed by atoms with Crippen LogP contribution in [0.15, 0.2) is 24.3 Å². The number of carbonyl (C=O) groups excluding carboxylic acids is 2. The zero-order chi connectivity index (χ0) is 16.4. The molecule has 3 heteroatoms. The van der Waals surface area contributed by atoms with Crippen molar-refractivity contribution in [1.82, 2.24) is 0 Å². The number of methoxy groups -OCH3 is 1. The van der Waals surface area contributed by atoms with Gasteiger partial charge in [0.25, 0.3) is 0 Å². The van der Waals surface area contributed by atoms with Gasteiger partial charge >= 0.3 is 0 Å². The molecule has 0 N–H and O–H groups in total. The van der Waals surface area contributed by atoms with Crippen LogP contribution in [0.25, 0.3) is 5.57 Å². The maximum Gasteiger partial charge on any atom is 0.146 e. The topological polar surface area (TPSA) is 43.4 Å². The van der Waals surface area contributed by atoms with Gasteiger partial charge in [-0.3, -0.25) is 9.59 Å². The summed E-state index contributed by atoms with van der Waals surface area (Å²) in [7, 11) is 1.68. The summed E-state index contributed by atoms with van der Waals surface area (Å²) in [5.41, 5.74) is 3.00. The van der Waals surface area contributed by atoms with Crippen molar-refractivity contribution in [2.75, 3.05) is 7.11 Å². The van der Waals surface area contributed by atoms with Crippen LogP contribution < -0.4 is 4.74 Å². The number of aryl methyl sites for hydroxylation is 1. The average molecular weight is 312 g/mol. The summed E-state index contributed by atoms with van der Waals surface area (Å²) in [6.45, 7) is 1.83. The number of carbonyl (C=O) groups is 2. The van der Waals surface area contributed by atoms with Crippen molar-refractivity contribution in [3.8, 4) is 5.75 Å². The van der Waals surface area contributed by atoms with Crippen LogP contribution in [-0.4, -0.2) is 18.7 Å². The Hall–Kier alpha value is -1.90. The van der Waals surface area contributed by atoms with E-state index in [1.165, 1.54) is 16.7 Å². The molecule has 0 unspecified atom stereocenters. The fourth-order valence-electron chi connectivity index (χ4n) is 3.70. The van der Waals surface area contributed by atoms with Gasteiger partial charge in [0.2, 0.25) is 0 Å². The Morgan fingerprint density at radius 2 is 1.78 bits per heavy atom. The number of allylic oxidation sites excluding steroid dienone is 2. The number of fused-ring (bicyclic) bond motifs is 1. The SMILES string of the molecule is COc1ccc2c(c1)CCC/C2=C\CC1(C)C(=O)CCCC1=O. The fourth-order valence-corrected chi connectivity index (χ4v) is 3.70. The van der Waals surface area contributed by atoms with Gasteiger partial charge in [0.1, 0.15) is 17.3 Å². The monoisotopic (exact) mass is 312 g/mol. The van der Waals surface area contributed by atoms with Gasteiger partial charge in [-0.05, 0) is 67.9 Å². The molecule has 3 nitrogen and oxygen atoms in total. The van der Waals surface area contributed by atoms with E-state index in [-0.39, 0.29) is 11.6 Å². The zero-order valence-electron chi connectivity index (χ0n) is 14.0. The summed E-state index contributed by atoms with van der Waals surface area (Å²) >= 11 is 0. The minimum absolute atomic E-state index is 0.108. The number of benzene rings is 1. The van der Waals surface area contributed by atoms with E-state index in [0.29, 0.717) is 25.7 Å². The molecular formula is C20H24O3. The molecule has 0 bridgehead atoms. The Labute approximate surface area is 137 Å². The molecule has 0 saturated heterocycles. The molecule has 0 spiro atoms. The summed E-state index contributed by atoms with van der Waals surface area (Å²) in [5.74, 6) is 1.10. The van der Waals surface area contributed by atoms with Gasteiger partial charge in [-0.2, -0.15) is 0 Å². The maximum absolute atomic E-state index is 12.3. The van der Waals surface area contributed by atoms with Crippen molar-refractivity contribution in [1.29, 1.82) is 0 Å².